The summed E-state index contributed by atoms with van der Waals surface area (Å²) in [5, 5.41) is 0. The fourth-order valence-corrected chi connectivity index (χ4v) is 3.49. The minimum Gasteiger partial charge on any atom is -0.469 e. The second-order valence-electron chi connectivity index (χ2n) is 8.23. The van der Waals surface area contributed by atoms with Crippen molar-refractivity contribution in [2.45, 2.75) is 32.6 Å². The highest BCUT2D eigenvalue weighted by Gasteiger charge is 2.22. The first-order valence-electron chi connectivity index (χ1n) is 10.5. The zero-order chi connectivity index (χ0) is 25.6. The number of ether oxygens (including phenoxy) is 1. The summed E-state index contributed by atoms with van der Waals surface area (Å²) in [6, 6.07) is 5.79. The van der Waals surface area contributed by atoms with E-state index < -0.39 is 15.8 Å². The number of esters is 1. The van der Waals surface area contributed by atoms with Crippen molar-refractivity contribution in [1.29, 1.82) is 0 Å². The number of rotatable bonds is 10. The van der Waals surface area contributed by atoms with Gasteiger partial charge in [0.2, 0.25) is 16.0 Å². The monoisotopic (exact) mass is 487 g/mol. The number of carbonyl (C=O) groups is 1. The summed E-state index contributed by atoms with van der Waals surface area (Å²) in [6.07, 6.45) is 5.13. The second-order valence-corrected chi connectivity index (χ2v) is 10.2. The minimum absolute atomic E-state index is 0.0213. The molecule has 1 heterocycles. The Morgan fingerprint density at radius 2 is 1.79 bits per heavy atom. The number of carbonyl (C=O) groups excluding carboxylic acids is 1. The molecular formula is C25H30FN3O4S. The van der Waals surface area contributed by atoms with Gasteiger partial charge in [-0.15, -0.1) is 0 Å². The third kappa shape index (κ3) is 7.08. The van der Waals surface area contributed by atoms with E-state index in [9.17, 15) is 17.6 Å². The second kappa shape index (κ2) is 11.2. The number of halogens is 1. The molecule has 0 unspecified atom stereocenters. The first kappa shape index (κ1) is 26.9. The molecule has 0 atom stereocenters. The van der Waals surface area contributed by atoms with E-state index in [1.807, 2.05) is 13.8 Å². The quantitative estimate of drug-likeness (QED) is 0.270. The highest BCUT2D eigenvalue weighted by atomic mass is 32.2. The van der Waals surface area contributed by atoms with Crippen molar-refractivity contribution in [2.24, 2.45) is 0 Å². The van der Waals surface area contributed by atoms with E-state index in [0.717, 1.165) is 10.6 Å². The standard InChI is InChI=1S/C25H30FN3O4S/c1-16(2)23-21(13-8-17(3)14-18(4)15-22(30)33-6)24(19-9-11-20(26)12-10-19)28-25(27-23)29(5)34(7,31)32/h8-13,16H,3-4,14-15H2,1-2,5-7H3/b13-8+. The van der Waals surface area contributed by atoms with E-state index in [0.29, 0.717) is 40.1 Å². The van der Waals surface area contributed by atoms with Crippen LogP contribution in [-0.2, 0) is 19.6 Å². The van der Waals surface area contributed by atoms with Gasteiger partial charge in [-0.25, -0.2) is 27.1 Å². The SMILES string of the molecule is C=C(/C=C/c1c(-c2ccc(F)cc2)nc(N(C)S(C)(=O)=O)nc1C(C)C)CC(=C)CC(=O)OC. The highest BCUT2D eigenvalue weighted by Crippen LogP contribution is 2.32. The molecule has 182 valence electrons. The third-order valence-electron chi connectivity index (χ3n) is 4.99. The van der Waals surface area contributed by atoms with Gasteiger partial charge >= 0.3 is 5.97 Å². The molecule has 0 amide bonds. The van der Waals surface area contributed by atoms with Crippen molar-refractivity contribution >= 4 is 28.0 Å². The van der Waals surface area contributed by atoms with Crippen molar-refractivity contribution in [3.8, 4) is 11.3 Å². The summed E-state index contributed by atoms with van der Waals surface area (Å²) in [6.45, 7) is 11.8. The molecule has 0 radical (unpaired) electrons. The number of methoxy groups -OCH3 is 1. The number of aromatic nitrogens is 2. The maximum atomic E-state index is 13.6. The Morgan fingerprint density at radius 1 is 1.18 bits per heavy atom. The summed E-state index contributed by atoms with van der Waals surface area (Å²) in [7, 11) is -0.898. The van der Waals surface area contributed by atoms with Crippen LogP contribution >= 0.6 is 0 Å². The van der Waals surface area contributed by atoms with E-state index in [4.69, 9.17) is 0 Å². The van der Waals surface area contributed by atoms with Crippen LogP contribution in [-0.4, -0.2) is 44.8 Å². The van der Waals surface area contributed by atoms with E-state index in [2.05, 4.69) is 27.9 Å². The molecule has 2 aromatic rings. The molecule has 0 saturated heterocycles. The zero-order valence-corrected chi connectivity index (χ0v) is 20.9. The molecule has 1 aromatic carbocycles. The number of allylic oxidation sites excluding steroid dienone is 2. The molecule has 0 aliphatic carbocycles. The van der Waals surface area contributed by atoms with E-state index in [-0.39, 0.29) is 24.3 Å². The lowest BCUT2D eigenvalue weighted by molar-refractivity contribution is -0.139. The Morgan fingerprint density at radius 3 is 2.32 bits per heavy atom. The maximum Gasteiger partial charge on any atom is 0.309 e. The fourth-order valence-electron chi connectivity index (χ4n) is 3.12. The molecule has 0 bridgehead atoms. The molecule has 2 rings (SSSR count). The summed E-state index contributed by atoms with van der Waals surface area (Å²) in [5.74, 6) is -0.824. The number of sulfonamides is 1. The van der Waals surface area contributed by atoms with Crippen LogP contribution in [0.3, 0.4) is 0 Å². The lowest BCUT2D eigenvalue weighted by atomic mass is 9.97. The first-order chi connectivity index (χ1) is 15.8. The summed E-state index contributed by atoms with van der Waals surface area (Å²) in [5.41, 5.74) is 3.71. The average molecular weight is 488 g/mol. The largest absolute Gasteiger partial charge is 0.469 e. The van der Waals surface area contributed by atoms with Gasteiger partial charge in [0.1, 0.15) is 5.82 Å². The van der Waals surface area contributed by atoms with Gasteiger partial charge in [0, 0.05) is 18.2 Å². The predicted molar refractivity (Wildman–Crippen MR) is 133 cm³/mol. The number of hydrogen-bond acceptors (Lipinski definition) is 6. The fraction of sp³-hybridized carbons (Fsp3) is 0.320. The van der Waals surface area contributed by atoms with E-state index >= 15 is 0 Å². The van der Waals surface area contributed by atoms with Gasteiger partial charge in [0.05, 0.1) is 31.2 Å². The Kier molecular flexibility index (Phi) is 8.86. The van der Waals surface area contributed by atoms with Crippen molar-refractivity contribution < 1.29 is 22.3 Å². The van der Waals surface area contributed by atoms with Crippen LogP contribution in [0.15, 0.2) is 54.6 Å². The zero-order valence-electron chi connectivity index (χ0n) is 20.1. The molecule has 0 N–H and O–H groups in total. The average Bonchev–Trinajstić information content (AvgIpc) is 2.76. The van der Waals surface area contributed by atoms with Crippen LogP contribution < -0.4 is 4.31 Å². The predicted octanol–water partition coefficient (Wildman–Crippen LogP) is 4.88. The van der Waals surface area contributed by atoms with Crippen molar-refractivity contribution in [1.82, 2.24) is 9.97 Å². The van der Waals surface area contributed by atoms with Gasteiger partial charge in [-0.1, -0.05) is 50.3 Å². The van der Waals surface area contributed by atoms with Crippen molar-refractivity contribution in [2.75, 3.05) is 24.7 Å². The van der Waals surface area contributed by atoms with Crippen LogP contribution in [0.2, 0.25) is 0 Å². The molecule has 7 nitrogen and oxygen atoms in total. The summed E-state index contributed by atoms with van der Waals surface area (Å²) < 4.78 is 43.5. The van der Waals surface area contributed by atoms with Crippen LogP contribution in [0.25, 0.3) is 17.3 Å². The molecule has 34 heavy (non-hydrogen) atoms. The Balaban J connectivity index is 2.59. The van der Waals surface area contributed by atoms with Crippen LogP contribution in [0, 0.1) is 5.82 Å². The first-order valence-corrected chi connectivity index (χ1v) is 12.4. The van der Waals surface area contributed by atoms with Crippen LogP contribution in [0.5, 0.6) is 0 Å². The lowest BCUT2D eigenvalue weighted by Gasteiger charge is -2.20. The molecule has 0 fully saturated rings. The molecule has 9 heteroatoms. The van der Waals surface area contributed by atoms with Crippen LogP contribution in [0.1, 0.15) is 43.9 Å². The molecule has 0 aliphatic rings. The molecule has 1 aromatic heterocycles. The molecule has 0 spiro atoms. The van der Waals surface area contributed by atoms with E-state index in [1.54, 1.807) is 24.3 Å². The lowest BCUT2D eigenvalue weighted by Crippen LogP contribution is -2.27. The van der Waals surface area contributed by atoms with Gasteiger partial charge in [0.15, 0.2) is 0 Å². The Bertz CT molecular complexity index is 1220. The third-order valence-corrected chi connectivity index (χ3v) is 6.15. The number of nitrogens with zero attached hydrogens (tertiary/aromatic N) is 3. The van der Waals surface area contributed by atoms with Gasteiger partial charge in [0.25, 0.3) is 0 Å². The van der Waals surface area contributed by atoms with Gasteiger partial charge in [-0.2, -0.15) is 0 Å². The summed E-state index contributed by atoms with van der Waals surface area (Å²) >= 11 is 0. The molecule has 0 saturated carbocycles. The number of hydrogen-bond donors (Lipinski definition) is 0. The maximum absolute atomic E-state index is 13.6. The normalized spacial score (nSPS) is 11.6. The minimum atomic E-state index is -3.60. The van der Waals surface area contributed by atoms with Gasteiger partial charge in [-0.3, -0.25) is 4.79 Å². The molecule has 0 aliphatic heterocycles. The number of anilines is 1. The van der Waals surface area contributed by atoms with Gasteiger partial charge in [-0.05, 0) is 36.6 Å². The topological polar surface area (TPSA) is 89.5 Å². The Labute approximate surface area is 200 Å². The van der Waals surface area contributed by atoms with Crippen LogP contribution in [0.4, 0.5) is 10.3 Å². The highest BCUT2D eigenvalue weighted by molar-refractivity contribution is 7.92. The number of benzene rings is 1. The summed E-state index contributed by atoms with van der Waals surface area (Å²) in [4.78, 5) is 20.5. The van der Waals surface area contributed by atoms with Gasteiger partial charge < -0.3 is 4.74 Å². The van der Waals surface area contributed by atoms with E-state index in [1.165, 1.54) is 26.3 Å². The van der Waals surface area contributed by atoms with Crippen molar-refractivity contribution in [3.05, 3.63) is 71.7 Å². The Hall–Kier alpha value is -3.33. The van der Waals surface area contributed by atoms with Crippen molar-refractivity contribution in [3.63, 3.8) is 0 Å². The smallest absolute Gasteiger partial charge is 0.309 e. The molecular weight excluding hydrogens is 457 g/mol.